The van der Waals surface area contributed by atoms with Gasteiger partial charge in [-0.05, 0) is 37.8 Å². The lowest BCUT2D eigenvalue weighted by molar-refractivity contribution is -1.00. The zero-order valence-corrected chi connectivity index (χ0v) is 16.8. The van der Waals surface area contributed by atoms with E-state index in [1.807, 2.05) is 12.1 Å². The fourth-order valence-corrected chi connectivity index (χ4v) is 4.26. The van der Waals surface area contributed by atoms with Crippen LogP contribution in [0.2, 0.25) is 5.02 Å². The van der Waals surface area contributed by atoms with E-state index in [-0.39, 0.29) is 11.8 Å². The number of hydrogen-bond donors (Lipinski definition) is 4. The number of nitrogens with one attached hydrogen (secondary N) is 4. The maximum absolute atomic E-state index is 12.4. The molecule has 0 atom stereocenters. The molecule has 3 rings (SSSR count). The van der Waals surface area contributed by atoms with E-state index in [1.165, 1.54) is 9.80 Å². The van der Waals surface area contributed by atoms with Gasteiger partial charge < -0.3 is 20.4 Å². The van der Waals surface area contributed by atoms with Gasteiger partial charge in [0.1, 0.15) is 31.7 Å². The summed E-state index contributed by atoms with van der Waals surface area (Å²) < 4.78 is 0. The molecule has 2 fully saturated rings. The minimum atomic E-state index is -0.652. The van der Waals surface area contributed by atoms with Crippen molar-refractivity contribution in [1.82, 2.24) is 5.32 Å². The molecule has 1 aromatic rings. The van der Waals surface area contributed by atoms with Crippen LogP contribution < -0.4 is 20.4 Å². The number of carbonyl (C=O) groups excluding carboxylic acids is 2. The lowest BCUT2D eigenvalue weighted by atomic mass is 10.00. The predicted octanol–water partition coefficient (Wildman–Crippen LogP) is -0.986. The van der Waals surface area contributed by atoms with Crippen molar-refractivity contribution in [2.24, 2.45) is 0 Å². The molecule has 7 nitrogen and oxygen atoms in total. The van der Waals surface area contributed by atoms with Crippen molar-refractivity contribution in [1.29, 1.82) is 5.26 Å². The highest BCUT2D eigenvalue weighted by molar-refractivity contribution is 6.33. The molecule has 28 heavy (non-hydrogen) atoms. The third-order valence-electron chi connectivity index (χ3n) is 5.68. The lowest BCUT2D eigenvalue weighted by Gasteiger charge is -2.30. The van der Waals surface area contributed by atoms with Gasteiger partial charge in [0.15, 0.2) is 13.1 Å². The van der Waals surface area contributed by atoms with E-state index in [2.05, 4.69) is 16.7 Å². The van der Waals surface area contributed by atoms with Crippen LogP contribution in [0, 0.1) is 11.3 Å². The molecule has 1 aliphatic carbocycles. The van der Waals surface area contributed by atoms with Gasteiger partial charge in [-0.25, -0.2) is 0 Å². The van der Waals surface area contributed by atoms with Crippen molar-refractivity contribution < 1.29 is 19.4 Å². The van der Waals surface area contributed by atoms with Crippen LogP contribution in [0.25, 0.3) is 0 Å². The maximum atomic E-state index is 12.4. The van der Waals surface area contributed by atoms with Crippen molar-refractivity contribution >= 4 is 29.1 Å². The summed E-state index contributed by atoms with van der Waals surface area (Å²) in [5.74, 6) is -0.0974. The predicted molar refractivity (Wildman–Crippen MR) is 106 cm³/mol. The van der Waals surface area contributed by atoms with Gasteiger partial charge in [0.05, 0.1) is 16.8 Å². The first-order valence-electron chi connectivity index (χ1n) is 9.93. The SMILES string of the molecule is N#CC1(NC(=O)C[NH+]2CC[NH+](CC(=O)Nc3ccccc3Cl)CC2)CCCC1. The minimum absolute atomic E-state index is 0.0432. The van der Waals surface area contributed by atoms with Crippen LogP contribution in [0.15, 0.2) is 24.3 Å². The largest absolute Gasteiger partial charge is 0.333 e. The highest BCUT2D eigenvalue weighted by atomic mass is 35.5. The summed E-state index contributed by atoms with van der Waals surface area (Å²) in [6.45, 7) is 4.12. The highest BCUT2D eigenvalue weighted by Gasteiger charge is 2.36. The molecule has 2 aliphatic rings. The van der Waals surface area contributed by atoms with Crippen molar-refractivity contribution in [2.75, 3.05) is 44.6 Å². The molecule has 1 aromatic carbocycles. The number of anilines is 1. The van der Waals surface area contributed by atoms with E-state index in [9.17, 15) is 14.9 Å². The first-order valence-corrected chi connectivity index (χ1v) is 10.3. The Balaban J connectivity index is 1.39. The average Bonchev–Trinajstić information content (AvgIpc) is 3.14. The molecule has 0 bridgehead atoms. The van der Waals surface area contributed by atoms with E-state index < -0.39 is 5.54 Å². The summed E-state index contributed by atoms with van der Waals surface area (Å²) in [4.78, 5) is 27.0. The summed E-state index contributed by atoms with van der Waals surface area (Å²) >= 11 is 6.08. The molecule has 1 saturated carbocycles. The molecule has 0 aromatic heterocycles. The zero-order chi connectivity index (χ0) is 20.0. The standard InChI is InChI=1S/C20H26ClN5O2/c21-16-5-1-2-6-17(16)23-18(27)13-25-9-11-26(12-10-25)14-19(28)24-20(15-22)7-3-4-8-20/h1-2,5-6H,3-4,7-14H2,(H,23,27)(H,24,28)/p+2. The van der Waals surface area contributed by atoms with Crippen LogP contribution in [0.1, 0.15) is 25.7 Å². The van der Waals surface area contributed by atoms with E-state index >= 15 is 0 Å². The van der Waals surface area contributed by atoms with Gasteiger partial charge in [-0.1, -0.05) is 23.7 Å². The van der Waals surface area contributed by atoms with E-state index in [4.69, 9.17) is 11.6 Å². The molecule has 1 saturated heterocycles. The van der Waals surface area contributed by atoms with Crippen molar-refractivity contribution in [3.63, 3.8) is 0 Å². The number of nitriles is 1. The lowest BCUT2D eigenvalue weighted by Crippen LogP contribution is -3.28. The second-order valence-corrected chi connectivity index (χ2v) is 8.24. The number of amides is 2. The van der Waals surface area contributed by atoms with Crippen molar-refractivity contribution in [3.05, 3.63) is 29.3 Å². The molecule has 1 heterocycles. The second-order valence-electron chi connectivity index (χ2n) is 7.83. The molecule has 150 valence electrons. The molecular weight excluding hydrogens is 378 g/mol. The molecule has 0 spiro atoms. The number of quaternary nitrogens is 2. The van der Waals surface area contributed by atoms with Gasteiger partial charge in [-0.3, -0.25) is 9.59 Å². The Kier molecular flexibility index (Phi) is 6.89. The second kappa shape index (κ2) is 9.37. The average molecular weight is 406 g/mol. The van der Waals surface area contributed by atoms with E-state index in [1.54, 1.807) is 12.1 Å². The Bertz CT molecular complexity index is 749. The number of piperazine rings is 1. The summed E-state index contributed by atoms with van der Waals surface area (Å²) in [6, 6.07) is 9.50. The minimum Gasteiger partial charge on any atom is -0.333 e. The summed E-state index contributed by atoms with van der Waals surface area (Å²) in [6.07, 6.45) is 3.50. The topological polar surface area (TPSA) is 90.9 Å². The zero-order valence-electron chi connectivity index (χ0n) is 16.0. The van der Waals surface area contributed by atoms with Gasteiger partial charge in [0.25, 0.3) is 11.8 Å². The Morgan fingerprint density at radius 1 is 1.04 bits per heavy atom. The molecule has 2 amide bonds. The highest BCUT2D eigenvalue weighted by Crippen LogP contribution is 2.28. The Morgan fingerprint density at radius 3 is 2.18 bits per heavy atom. The first-order chi connectivity index (χ1) is 13.5. The number of benzene rings is 1. The van der Waals surface area contributed by atoms with Crippen LogP contribution in [0.4, 0.5) is 5.69 Å². The van der Waals surface area contributed by atoms with Gasteiger partial charge in [-0.2, -0.15) is 5.26 Å². The Labute approximate surface area is 170 Å². The summed E-state index contributed by atoms with van der Waals surface area (Å²) in [5.41, 5.74) is -0.0201. The van der Waals surface area contributed by atoms with Gasteiger partial charge >= 0.3 is 0 Å². The Morgan fingerprint density at radius 2 is 1.61 bits per heavy atom. The number of rotatable bonds is 6. The molecule has 4 N–H and O–H groups in total. The third kappa shape index (κ3) is 5.44. The van der Waals surface area contributed by atoms with Crippen molar-refractivity contribution in [2.45, 2.75) is 31.2 Å². The van der Waals surface area contributed by atoms with Crippen LogP contribution in [-0.2, 0) is 9.59 Å². The number of para-hydroxylation sites is 1. The molecule has 0 unspecified atom stereocenters. The molecule has 0 radical (unpaired) electrons. The third-order valence-corrected chi connectivity index (χ3v) is 6.01. The number of carbonyl (C=O) groups is 2. The first kappa shape index (κ1) is 20.6. The number of nitrogens with zero attached hydrogens (tertiary/aromatic N) is 1. The molecular formula is C20H28ClN5O2+2. The summed E-state index contributed by atoms with van der Waals surface area (Å²) in [5, 5.41) is 15.7. The van der Waals surface area contributed by atoms with Gasteiger partial charge in [-0.15, -0.1) is 0 Å². The monoisotopic (exact) mass is 405 g/mol. The molecule has 1 aliphatic heterocycles. The quantitative estimate of drug-likeness (QED) is 0.490. The normalized spacial score (nSPS) is 23.6. The van der Waals surface area contributed by atoms with Crippen molar-refractivity contribution in [3.8, 4) is 6.07 Å². The van der Waals surface area contributed by atoms with Gasteiger partial charge in [0.2, 0.25) is 0 Å². The van der Waals surface area contributed by atoms with Crippen LogP contribution in [-0.4, -0.2) is 56.6 Å². The molecule has 8 heteroatoms. The number of halogens is 1. The van der Waals surface area contributed by atoms with Crippen LogP contribution in [0.3, 0.4) is 0 Å². The van der Waals surface area contributed by atoms with Crippen LogP contribution in [0.5, 0.6) is 0 Å². The Hall–Kier alpha value is -2.14. The van der Waals surface area contributed by atoms with E-state index in [0.717, 1.165) is 51.9 Å². The van der Waals surface area contributed by atoms with Gasteiger partial charge in [0, 0.05) is 0 Å². The van der Waals surface area contributed by atoms with Crippen LogP contribution >= 0.6 is 11.6 Å². The summed E-state index contributed by atoms with van der Waals surface area (Å²) in [7, 11) is 0. The maximum Gasteiger partial charge on any atom is 0.279 e. The van der Waals surface area contributed by atoms with E-state index in [0.29, 0.717) is 23.8 Å². The fourth-order valence-electron chi connectivity index (χ4n) is 4.08. The number of hydrogen-bond acceptors (Lipinski definition) is 3. The fraction of sp³-hybridized carbons (Fsp3) is 0.550. The smallest absolute Gasteiger partial charge is 0.279 e.